The number of carboxylic acid groups (broad SMARTS) is 1. The third-order valence-electron chi connectivity index (χ3n) is 12.0. The molecule has 0 saturated heterocycles. The van der Waals surface area contributed by atoms with E-state index < -0.39 is 86.9 Å². The average Bonchev–Trinajstić information content (AvgIpc) is 3.96. The molecule has 0 bridgehead atoms. The molecular formula is C56H91N9O20. The molecule has 0 aliphatic heterocycles. The molecule has 2 amide bonds. The van der Waals surface area contributed by atoms with Gasteiger partial charge in [0.2, 0.25) is 0 Å². The van der Waals surface area contributed by atoms with E-state index in [4.69, 9.17) is 34.5 Å². The Morgan fingerprint density at radius 2 is 1.00 bits per heavy atom. The van der Waals surface area contributed by atoms with Crippen molar-refractivity contribution in [2.24, 2.45) is 11.7 Å². The molecular weight excluding hydrogens is 1120 g/mol. The third kappa shape index (κ3) is 35.2. The quantitative estimate of drug-likeness (QED) is 0.0166. The predicted molar refractivity (Wildman–Crippen MR) is 307 cm³/mol. The summed E-state index contributed by atoms with van der Waals surface area (Å²) in [4.78, 5) is 149. The number of nitrogens with zero attached hydrogens (tertiary/aromatic N) is 6. The first-order valence-electron chi connectivity index (χ1n) is 28.5. The Morgan fingerprint density at radius 3 is 1.36 bits per heavy atom. The molecule has 0 aliphatic rings. The Labute approximate surface area is 496 Å². The van der Waals surface area contributed by atoms with Crippen LogP contribution in [0.15, 0.2) is 12.4 Å². The molecule has 2 rings (SSSR count). The molecule has 2 heterocycles. The van der Waals surface area contributed by atoms with Crippen molar-refractivity contribution in [3.8, 4) is 0 Å². The molecule has 2 aromatic rings. The first-order valence-corrected chi connectivity index (χ1v) is 28.5. The largest absolute Gasteiger partial charge is 0.481 e. The van der Waals surface area contributed by atoms with Gasteiger partial charge in [-0.1, -0.05) is 40.0 Å². The number of aromatic nitrogens is 4. The van der Waals surface area contributed by atoms with E-state index in [0.717, 1.165) is 38.1 Å². The zero-order valence-electron chi connectivity index (χ0n) is 51.5. The van der Waals surface area contributed by atoms with Gasteiger partial charge in [-0.05, 0) is 103 Å². The van der Waals surface area contributed by atoms with Crippen LogP contribution in [0.25, 0.3) is 0 Å². The van der Waals surface area contributed by atoms with Gasteiger partial charge < -0.3 is 65.4 Å². The van der Waals surface area contributed by atoms with Crippen molar-refractivity contribution < 1.29 is 86.6 Å². The summed E-state index contributed by atoms with van der Waals surface area (Å²) in [5, 5.41) is 36.0. The Hall–Kier alpha value is -7.72. The first kappa shape index (κ1) is 77.3. The zero-order chi connectivity index (χ0) is 65.0. The van der Waals surface area contributed by atoms with E-state index in [1.54, 1.807) is 55.4 Å². The molecule has 85 heavy (non-hydrogen) atoms. The molecule has 29 heteroatoms. The molecule has 480 valence electrons. The van der Waals surface area contributed by atoms with Crippen molar-refractivity contribution >= 4 is 70.8 Å². The number of amides is 2. The number of alkyl carbamates (subject to hydrolysis) is 2. The Balaban J connectivity index is 0.00000145. The lowest BCUT2D eigenvalue weighted by molar-refractivity contribution is -0.392. The minimum atomic E-state index is -1.09. The second-order valence-electron chi connectivity index (χ2n) is 21.9. The van der Waals surface area contributed by atoms with E-state index in [2.05, 4.69) is 20.6 Å². The summed E-state index contributed by atoms with van der Waals surface area (Å²) in [5.74, 6) is -4.60. The molecule has 0 aromatic carbocycles. The SMILES string of the molecule is CCCCOC(=O)CC(CC(=O)CCC(NC(=O)OC(C)(C)C)C(=O)CCCn1c([N+](=O)[O-])cnc1C)C(=O)OCCCC.CCCCOC(=O)CC(N)C(C)=O.Cc1ncc([N+](=O)[O-])n1CCCC(=O)C(CCC(=O)O)NC(=O)OC(C)(C)C. The highest BCUT2D eigenvalue weighted by Gasteiger charge is 2.31. The number of aliphatic carboxylic acids is 1. The van der Waals surface area contributed by atoms with Crippen molar-refractivity contribution in [2.45, 2.75) is 235 Å². The number of nitro groups is 2. The van der Waals surface area contributed by atoms with Crippen LogP contribution in [0, 0.1) is 40.0 Å². The van der Waals surface area contributed by atoms with Crippen molar-refractivity contribution in [3.05, 3.63) is 44.3 Å². The number of carboxylic acids is 1. The summed E-state index contributed by atoms with van der Waals surface area (Å²) >= 11 is 0. The standard InChI is InChI=1S/C30H48N4O10.C17H26N4O7.C9H17NO3/c1-7-9-16-42-27(37)19-22(28(38)43-17-10-8-2)18-23(35)13-14-24(32-29(39)44-30(4,5)6)25(36)12-11-15-33-21(3)31-20-26(33)34(40)41;1-11-18-10-14(21(26)27)20(11)9-5-6-13(22)12(7-8-15(23)24)19-16(25)28-17(2,3)4;1-3-4-5-13-9(12)6-8(10)7(2)11/h20,22,24H,7-19H2,1-6H3,(H,32,39);10,12H,5-9H2,1-4H3,(H,19,25)(H,23,24);8H,3-6,10H2,1-2H3. The number of hydrogen-bond acceptors (Lipinski definition) is 22. The maximum absolute atomic E-state index is 13.2. The Bertz CT molecular complexity index is 2510. The van der Waals surface area contributed by atoms with Gasteiger partial charge in [-0.3, -0.25) is 38.4 Å². The lowest BCUT2D eigenvalue weighted by atomic mass is 9.94. The smallest absolute Gasteiger partial charge is 0.408 e. The summed E-state index contributed by atoms with van der Waals surface area (Å²) in [6.07, 6.45) is 4.68. The number of imidazole rings is 2. The summed E-state index contributed by atoms with van der Waals surface area (Å²) in [6.45, 7) is 21.7. The number of Topliss-reactive ketones (excluding diaryl/α,β-unsaturated/α-hetero) is 4. The van der Waals surface area contributed by atoms with E-state index in [1.165, 1.54) is 16.1 Å². The number of nitrogens with one attached hydrogen (secondary N) is 2. The number of unbranched alkanes of at least 4 members (excludes halogenated alkanes) is 3. The fourth-order valence-corrected chi connectivity index (χ4v) is 7.38. The molecule has 0 radical (unpaired) electrons. The number of carbonyl (C=O) groups is 10. The second-order valence-corrected chi connectivity index (χ2v) is 21.9. The van der Waals surface area contributed by atoms with Gasteiger partial charge in [-0.25, -0.2) is 28.7 Å². The minimum absolute atomic E-state index is 0.00879. The van der Waals surface area contributed by atoms with Crippen LogP contribution in [0.5, 0.6) is 0 Å². The summed E-state index contributed by atoms with van der Waals surface area (Å²) in [7, 11) is 0. The summed E-state index contributed by atoms with van der Waals surface area (Å²) < 4.78 is 28.4. The van der Waals surface area contributed by atoms with Gasteiger partial charge in [0, 0.05) is 46.0 Å². The van der Waals surface area contributed by atoms with Crippen molar-refractivity contribution in [3.63, 3.8) is 0 Å². The molecule has 5 N–H and O–H groups in total. The Morgan fingerprint density at radius 1 is 0.612 bits per heavy atom. The molecule has 0 fully saturated rings. The topological polar surface area (TPSA) is 409 Å². The van der Waals surface area contributed by atoms with Gasteiger partial charge in [0.05, 0.1) is 69.8 Å². The molecule has 29 nitrogen and oxygen atoms in total. The van der Waals surface area contributed by atoms with Crippen molar-refractivity contribution in [2.75, 3.05) is 19.8 Å². The molecule has 0 saturated carbocycles. The van der Waals surface area contributed by atoms with Crippen LogP contribution in [-0.4, -0.2) is 142 Å². The number of aryl methyl sites for hydroxylation is 2. The minimum Gasteiger partial charge on any atom is -0.481 e. The highest BCUT2D eigenvalue weighted by atomic mass is 16.6. The maximum atomic E-state index is 13.2. The maximum Gasteiger partial charge on any atom is 0.408 e. The van der Waals surface area contributed by atoms with Crippen LogP contribution >= 0.6 is 0 Å². The van der Waals surface area contributed by atoms with Crippen LogP contribution in [0.3, 0.4) is 0 Å². The number of carbonyl (C=O) groups excluding carboxylic acids is 9. The van der Waals surface area contributed by atoms with Gasteiger partial charge >= 0.3 is 47.7 Å². The third-order valence-corrected chi connectivity index (χ3v) is 12.0. The number of rotatable bonds is 37. The number of hydrogen-bond donors (Lipinski definition) is 4. The van der Waals surface area contributed by atoms with Gasteiger partial charge in [0.1, 0.15) is 35.2 Å². The van der Waals surface area contributed by atoms with Crippen LogP contribution in [0.4, 0.5) is 21.2 Å². The van der Waals surface area contributed by atoms with Gasteiger partial charge in [0.15, 0.2) is 23.2 Å². The van der Waals surface area contributed by atoms with E-state index in [0.29, 0.717) is 31.1 Å². The van der Waals surface area contributed by atoms with Crippen molar-refractivity contribution in [1.82, 2.24) is 29.7 Å². The zero-order valence-corrected chi connectivity index (χ0v) is 51.5. The van der Waals surface area contributed by atoms with E-state index in [-0.39, 0.29) is 126 Å². The average molecular weight is 1210 g/mol. The number of ether oxygens (including phenoxy) is 5. The normalized spacial score (nSPS) is 12.4. The lowest BCUT2D eigenvalue weighted by Gasteiger charge is -2.23. The van der Waals surface area contributed by atoms with E-state index >= 15 is 0 Å². The Kier molecular flexibility index (Phi) is 36.8. The van der Waals surface area contributed by atoms with Crippen LogP contribution in [0.1, 0.15) is 190 Å². The van der Waals surface area contributed by atoms with Gasteiger partial charge in [-0.15, -0.1) is 0 Å². The monoisotopic (exact) mass is 1210 g/mol. The highest BCUT2D eigenvalue weighted by Crippen LogP contribution is 2.20. The molecule has 0 spiro atoms. The molecule has 4 atom stereocenters. The predicted octanol–water partition coefficient (Wildman–Crippen LogP) is 7.62. The second kappa shape index (κ2) is 40.5. The van der Waals surface area contributed by atoms with Gasteiger partial charge in [0.25, 0.3) is 0 Å². The fourth-order valence-electron chi connectivity index (χ4n) is 7.38. The summed E-state index contributed by atoms with van der Waals surface area (Å²) in [6, 6.07) is -2.81. The van der Waals surface area contributed by atoms with Crippen LogP contribution < -0.4 is 16.4 Å². The van der Waals surface area contributed by atoms with Crippen LogP contribution in [0.2, 0.25) is 0 Å². The molecule has 2 aromatic heterocycles. The van der Waals surface area contributed by atoms with Crippen LogP contribution in [-0.2, 0) is 75.1 Å². The van der Waals surface area contributed by atoms with Gasteiger partial charge in [-0.2, -0.15) is 0 Å². The number of esters is 3. The first-order chi connectivity index (χ1) is 39.7. The fraction of sp³-hybridized carbons (Fsp3) is 0.714. The molecule has 4 unspecified atom stereocenters. The number of ketones is 4. The van der Waals surface area contributed by atoms with E-state index in [9.17, 15) is 68.2 Å². The molecule has 0 aliphatic carbocycles. The summed E-state index contributed by atoms with van der Waals surface area (Å²) in [5.41, 5.74) is 3.78. The highest BCUT2D eigenvalue weighted by molar-refractivity contribution is 5.90. The lowest BCUT2D eigenvalue weighted by Crippen LogP contribution is -2.43. The van der Waals surface area contributed by atoms with E-state index in [1.807, 2.05) is 20.8 Å². The number of nitrogens with two attached hydrogens (primary N) is 1. The van der Waals surface area contributed by atoms with Crippen molar-refractivity contribution in [1.29, 1.82) is 0 Å².